The summed E-state index contributed by atoms with van der Waals surface area (Å²) in [5, 5.41) is 2.95. The van der Waals surface area contributed by atoms with Crippen LogP contribution in [0.1, 0.15) is 19.3 Å². The Bertz CT molecular complexity index is 227. The molecule has 80 valence electrons. The highest BCUT2D eigenvalue weighted by molar-refractivity contribution is 5.83. The first-order valence-electron chi connectivity index (χ1n) is 5.00. The van der Waals surface area contributed by atoms with Crippen LogP contribution in [-0.4, -0.2) is 42.4 Å². The van der Waals surface area contributed by atoms with Crippen LogP contribution in [0.5, 0.6) is 0 Å². The lowest BCUT2D eigenvalue weighted by molar-refractivity contribution is -0.137. The maximum absolute atomic E-state index is 12.2. The van der Waals surface area contributed by atoms with E-state index in [0.29, 0.717) is 0 Å². The normalized spacial score (nSPS) is 26.1. The van der Waals surface area contributed by atoms with E-state index in [2.05, 4.69) is 5.32 Å². The minimum absolute atomic E-state index is 0.0823. The lowest BCUT2D eigenvalue weighted by Crippen LogP contribution is -2.55. The molecule has 5 heteroatoms. The van der Waals surface area contributed by atoms with Gasteiger partial charge in [-0.05, 0) is 25.8 Å². The summed E-state index contributed by atoms with van der Waals surface area (Å²) in [5.74, 6) is -0.140. The number of alkyl halides is 2. The van der Waals surface area contributed by atoms with Gasteiger partial charge in [0.05, 0.1) is 12.6 Å². The van der Waals surface area contributed by atoms with Crippen LogP contribution >= 0.6 is 0 Å². The Morgan fingerprint density at radius 3 is 2.43 bits per heavy atom. The highest BCUT2D eigenvalue weighted by Crippen LogP contribution is 2.28. The zero-order valence-corrected chi connectivity index (χ0v) is 7.88. The molecule has 0 spiro atoms. The van der Waals surface area contributed by atoms with Crippen molar-refractivity contribution < 1.29 is 13.6 Å². The fraction of sp³-hybridized carbons (Fsp3) is 0.889. The van der Waals surface area contributed by atoms with Gasteiger partial charge in [-0.2, -0.15) is 0 Å². The van der Waals surface area contributed by atoms with Crippen LogP contribution in [0.2, 0.25) is 0 Å². The number of amides is 1. The Kier molecular flexibility index (Phi) is 2.67. The average Bonchev–Trinajstić information content (AvgIpc) is 2.78. The molecule has 0 bridgehead atoms. The van der Waals surface area contributed by atoms with Crippen molar-refractivity contribution in [1.82, 2.24) is 10.2 Å². The van der Waals surface area contributed by atoms with Gasteiger partial charge < -0.3 is 10.2 Å². The molecule has 0 aromatic rings. The van der Waals surface area contributed by atoms with Crippen LogP contribution in [0.25, 0.3) is 0 Å². The van der Waals surface area contributed by atoms with Crippen LogP contribution in [0.3, 0.4) is 0 Å². The van der Waals surface area contributed by atoms with Crippen molar-refractivity contribution in [2.75, 3.05) is 13.1 Å². The second kappa shape index (κ2) is 3.81. The summed E-state index contributed by atoms with van der Waals surface area (Å²) in [4.78, 5) is 13.0. The molecule has 2 fully saturated rings. The molecular formula is C9H14F2N2O. The third-order valence-corrected chi connectivity index (χ3v) is 2.73. The van der Waals surface area contributed by atoms with Gasteiger partial charge in [-0.3, -0.25) is 4.79 Å². The van der Waals surface area contributed by atoms with Gasteiger partial charge in [-0.1, -0.05) is 0 Å². The van der Waals surface area contributed by atoms with Crippen LogP contribution in [0, 0.1) is 0 Å². The van der Waals surface area contributed by atoms with Crippen LogP contribution < -0.4 is 5.32 Å². The smallest absolute Gasteiger partial charge is 0.255 e. The third-order valence-electron chi connectivity index (χ3n) is 2.73. The number of rotatable bonds is 4. The molecular weight excluding hydrogens is 190 g/mol. The molecule has 1 saturated carbocycles. The van der Waals surface area contributed by atoms with Gasteiger partial charge in [-0.15, -0.1) is 0 Å². The minimum atomic E-state index is -2.42. The molecule has 0 aromatic carbocycles. The Morgan fingerprint density at radius 2 is 2.07 bits per heavy atom. The second-order valence-corrected chi connectivity index (χ2v) is 3.91. The van der Waals surface area contributed by atoms with E-state index in [9.17, 15) is 13.6 Å². The largest absolute Gasteiger partial charge is 0.333 e. The summed E-state index contributed by atoms with van der Waals surface area (Å²) < 4.78 is 24.4. The number of carbonyl (C=O) groups excluding carboxylic acids is 1. The number of hydrogen-bond donors (Lipinski definition) is 1. The lowest BCUT2D eigenvalue weighted by Gasteiger charge is -2.32. The van der Waals surface area contributed by atoms with Gasteiger partial charge in [-0.25, -0.2) is 8.78 Å². The van der Waals surface area contributed by atoms with Crippen molar-refractivity contribution in [2.45, 2.75) is 37.8 Å². The average molecular weight is 204 g/mol. The van der Waals surface area contributed by atoms with Gasteiger partial charge in [0.25, 0.3) is 6.43 Å². The summed E-state index contributed by atoms with van der Waals surface area (Å²) in [6, 6.07) is -0.117. The first-order valence-corrected chi connectivity index (χ1v) is 5.00. The van der Waals surface area contributed by atoms with Crippen molar-refractivity contribution in [1.29, 1.82) is 0 Å². The van der Waals surface area contributed by atoms with Crippen LogP contribution in [0.15, 0.2) is 0 Å². The van der Waals surface area contributed by atoms with Crippen molar-refractivity contribution in [2.24, 2.45) is 0 Å². The van der Waals surface area contributed by atoms with E-state index in [0.717, 1.165) is 25.8 Å². The molecule has 2 rings (SSSR count). The summed E-state index contributed by atoms with van der Waals surface area (Å²) in [6.07, 6.45) is 0.126. The molecule has 0 aromatic heterocycles. The molecule has 1 amide bonds. The lowest BCUT2D eigenvalue weighted by atomic mass is 10.1. The predicted molar refractivity (Wildman–Crippen MR) is 47.1 cm³/mol. The van der Waals surface area contributed by atoms with Crippen LogP contribution in [-0.2, 0) is 4.79 Å². The van der Waals surface area contributed by atoms with Gasteiger partial charge in [0.2, 0.25) is 5.91 Å². The fourth-order valence-corrected chi connectivity index (χ4v) is 1.65. The number of nitrogens with zero attached hydrogens (tertiary/aromatic N) is 1. The van der Waals surface area contributed by atoms with Gasteiger partial charge in [0, 0.05) is 6.04 Å². The number of hydrogen-bond acceptors (Lipinski definition) is 2. The van der Waals surface area contributed by atoms with Crippen LogP contribution in [0.4, 0.5) is 8.78 Å². The Hall–Kier alpha value is -0.710. The Labute approximate surface area is 81.4 Å². The van der Waals surface area contributed by atoms with E-state index in [4.69, 9.17) is 0 Å². The SMILES string of the molecule is O=C([C@H]1CCN1)N(CC(F)F)C1CC1. The predicted octanol–water partition coefficient (Wildman–Crippen LogP) is 0.604. The molecule has 1 aliphatic heterocycles. The molecule has 3 nitrogen and oxygen atoms in total. The zero-order chi connectivity index (χ0) is 10.1. The topological polar surface area (TPSA) is 32.3 Å². The van der Waals surface area contributed by atoms with Crippen molar-refractivity contribution in [3.05, 3.63) is 0 Å². The highest BCUT2D eigenvalue weighted by Gasteiger charge is 2.38. The number of carbonyl (C=O) groups is 1. The summed E-state index contributed by atoms with van der Waals surface area (Å²) >= 11 is 0. The van der Waals surface area contributed by atoms with E-state index < -0.39 is 13.0 Å². The van der Waals surface area contributed by atoms with Gasteiger partial charge >= 0.3 is 0 Å². The molecule has 2 aliphatic rings. The molecule has 1 aliphatic carbocycles. The van der Waals surface area contributed by atoms with Gasteiger partial charge in [0.15, 0.2) is 0 Å². The first kappa shape index (κ1) is 9.83. The molecule has 1 N–H and O–H groups in total. The zero-order valence-electron chi connectivity index (χ0n) is 7.88. The Morgan fingerprint density at radius 1 is 1.43 bits per heavy atom. The number of nitrogens with one attached hydrogen (secondary N) is 1. The molecule has 1 heterocycles. The van der Waals surface area contributed by atoms with E-state index in [-0.39, 0.29) is 18.0 Å². The second-order valence-electron chi connectivity index (χ2n) is 3.91. The quantitative estimate of drug-likeness (QED) is 0.727. The summed E-state index contributed by atoms with van der Waals surface area (Å²) in [6.45, 7) is 0.422. The van der Waals surface area contributed by atoms with Gasteiger partial charge in [0.1, 0.15) is 0 Å². The maximum Gasteiger partial charge on any atom is 0.255 e. The Balaban J connectivity index is 1.91. The fourth-order valence-electron chi connectivity index (χ4n) is 1.65. The van der Waals surface area contributed by atoms with Crippen molar-refractivity contribution >= 4 is 5.91 Å². The first-order chi connectivity index (χ1) is 6.68. The highest BCUT2D eigenvalue weighted by atomic mass is 19.3. The van der Waals surface area contributed by atoms with E-state index >= 15 is 0 Å². The number of halogens is 2. The summed E-state index contributed by atoms with van der Waals surface area (Å²) in [7, 11) is 0. The molecule has 14 heavy (non-hydrogen) atoms. The molecule has 0 radical (unpaired) electrons. The maximum atomic E-state index is 12.2. The standard InChI is InChI=1S/C9H14F2N2O/c10-8(11)5-13(6-1-2-6)9(14)7-3-4-12-7/h6-8,12H,1-5H2/t7-/m1/s1. The van der Waals surface area contributed by atoms with E-state index in [1.165, 1.54) is 4.90 Å². The molecule has 1 atom stereocenters. The van der Waals surface area contributed by atoms with Crippen molar-refractivity contribution in [3.8, 4) is 0 Å². The van der Waals surface area contributed by atoms with E-state index in [1.54, 1.807) is 0 Å². The third kappa shape index (κ3) is 2.03. The molecule has 0 unspecified atom stereocenters. The monoisotopic (exact) mass is 204 g/mol. The summed E-state index contributed by atoms with van der Waals surface area (Å²) in [5.41, 5.74) is 0. The van der Waals surface area contributed by atoms with E-state index in [1.807, 2.05) is 0 Å². The molecule has 1 saturated heterocycles. The minimum Gasteiger partial charge on any atom is -0.333 e. The van der Waals surface area contributed by atoms with Crippen molar-refractivity contribution in [3.63, 3.8) is 0 Å².